The number of furan rings is 1. The fourth-order valence-electron chi connectivity index (χ4n) is 1.61. The Bertz CT molecular complexity index is 470. The summed E-state index contributed by atoms with van der Waals surface area (Å²) in [6, 6.07) is 1.50. The van der Waals surface area contributed by atoms with Gasteiger partial charge in [-0.25, -0.2) is 0 Å². The van der Waals surface area contributed by atoms with Crippen LogP contribution in [0.5, 0.6) is 0 Å². The molecule has 2 heterocycles. The monoisotopic (exact) mass is 211 g/mol. The molecule has 0 amide bonds. The van der Waals surface area contributed by atoms with Crippen molar-refractivity contribution in [2.75, 3.05) is 23.7 Å². The molecule has 2 aromatic heterocycles. The van der Waals surface area contributed by atoms with E-state index in [1.807, 2.05) is 18.7 Å². The van der Waals surface area contributed by atoms with Crippen LogP contribution in [-0.2, 0) is 0 Å². The first-order chi connectivity index (χ1) is 7.17. The van der Waals surface area contributed by atoms with Gasteiger partial charge in [-0.3, -0.25) is 4.90 Å². The van der Waals surface area contributed by atoms with Crippen LogP contribution in [0.3, 0.4) is 0 Å². The number of hydrogen-bond acceptors (Lipinski definition) is 5. The van der Waals surface area contributed by atoms with Crippen LogP contribution in [0, 0.1) is 5.21 Å². The molecule has 82 valence electrons. The summed E-state index contributed by atoms with van der Waals surface area (Å²) < 4.78 is 10.2. The molecule has 0 saturated heterocycles. The van der Waals surface area contributed by atoms with Gasteiger partial charge in [-0.15, -0.1) is 0 Å². The molecule has 2 aromatic rings. The predicted molar refractivity (Wildman–Crippen MR) is 55.4 cm³/mol. The second-order valence-corrected chi connectivity index (χ2v) is 3.19. The summed E-state index contributed by atoms with van der Waals surface area (Å²) in [4.78, 5) is 2.31. The van der Waals surface area contributed by atoms with Gasteiger partial charge in [-0.2, -0.15) is 0 Å². The Morgan fingerprint density at radius 1 is 1.47 bits per heavy atom. The lowest BCUT2D eigenvalue weighted by Crippen LogP contribution is -2.35. The molecule has 0 aliphatic rings. The highest BCUT2D eigenvalue weighted by molar-refractivity contribution is 5.83. The zero-order valence-corrected chi connectivity index (χ0v) is 8.69. The summed E-state index contributed by atoms with van der Waals surface area (Å²) in [5.74, 6) is 0.629. The SMILES string of the molecule is CCN(CC)c1c2oc(N)cc2o[n+]1[O-]. The van der Waals surface area contributed by atoms with Crippen LogP contribution in [0.15, 0.2) is 15.0 Å². The van der Waals surface area contributed by atoms with Crippen molar-refractivity contribution in [3.05, 3.63) is 11.3 Å². The summed E-state index contributed by atoms with van der Waals surface area (Å²) in [7, 11) is 0. The van der Waals surface area contributed by atoms with Crippen LogP contribution in [0.4, 0.5) is 11.7 Å². The minimum absolute atomic E-state index is 0.248. The molecule has 0 atom stereocenters. The number of nitrogens with two attached hydrogens (primary N) is 1. The lowest BCUT2D eigenvalue weighted by Gasteiger charge is -2.10. The van der Waals surface area contributed by atoms with Crippen LogP contribution >= 0.6 is 0 Å². The molecule has 6 nitrogen and oxygen atoms in total. The predicted octanol–water partition coefficient (Wildman–Crippen LogP) is 1.09. The first kappa shape index (κ1) is 9.70. The third-order valence-corrected chi connectivity index (χ3v) is 2.34. The Labute approximate surface area is 86.4 Å². The number of nitrogens with zero attached hydrogens (tertiary/aromatic N) is 2. The molecule has 0 unspecified atom stereocenters. The fraction of sp³-hybridized carbons (Fsp3) is 0.444. The number of nitrogen functional groups attached to an aromatic ring is 1. The molecule has 2 N–H and O–H groups in total. The average molecular weight is 211 g/mol. The van der Waals surface area contributed by atoms with E-state index in [4.69, 9.17) is 14.7 Å². The number of hydrogen-bond donors (Lipinski definition) is 1. The normalized spacial score (nSPS) is 11.1. The summed E-state index contributed by atoms with van der Waals surface area (Å²) in [6.07, 6.45) is 0. The molecule has 0 aromatic carbocycles. The van der Waals surface area contributed by atoms with Crippen molar-refractivity contribution < 1.29 is 13.8 Å². The topological polar surface area (TPSA) is 82.5 Å². The molecule has 0 spiro atoms. The van der Waals surface area contributed by atoms with E-state index in [0.29, 0.717) is 35.0 Å². The maximum Gasteiger partial charge on any atom is 0.362 e. The molecule has 2 rings (SSSR count). The largest absolute Gasteiger partial charge is 0.436 e. The van der Waals surface area contributed by atoms with Gasteiger partial charge in [-0.1, -0.05) is 0 Å². The Kier molecular flexibility index (Phi) is 2.18. The van der Waals surface area contributed by atoms with Gasteiger partial charge in [0.2, 0.25) is 5.58 Å². The Hall–Kier alpha value is -1.85. The zero-order valence-electron chi connectivity index (χ0n) is 8.69. The molecular weight excluding hydrogens is 198 g/mol. The second-order valence-electron chi connectivity index (χ2n) is 3.19. The van der Waals surface area contributed by atoms with Gasteiger partial charge in [0.05, 0.1) is 13.1 Å². The lowest BCUT2D eigenvalue weighted by molar-refractivity contribution is -0.777. The fourth-order valence-corrected chi connectivity index (χ4v) is 1.61. The van der Waals surface area contributed by atoms with Gasteiger partial charge < -0.3 is 19.9 Å². The average Bonchev–Trinajstić information content (AvgIpc) is 2.66. The van der Waals surface area contributed by atoms with Gasteiger partial charge >= 0.3 is 5.82 Å². The highest BCUT2D eigenvalue weighted by Gasteiger charge is 2.24. The zero-order chi connectivity index (χ0) is 11.0. The van der Waals surface area contributed by atoms with Crippen molar-refractivity contribution >= 4 is 22.9 Å². The minimum atomic E-state index is 0.248. The molecule has 0 radical (unpaired) electrons. The molecular formula is C9H13N3O3. The summed E-state index contributed by atoms with van der Waals surface area (Å²) >= 11 is 0. The smallest absolute Gasteiger partial charge is 0.362 e. The first-order valence-electron chi connectivity index (χ1n) is 4.84. The van der Waals surface area contributed by atoms with Crippen molar-refractivity contribution in [1.29, 1.82) is 0 Å². The van der Waals surface area contributed by atoms with Gasteiger partial charge in [-0.05, 0) is 18.8 Å². The molecule has 0 bridgehead atoms. The van der Waals surface area contributed by atoms with Crippen molar-refractivity contribution in [3.63, 3.8) is 0 Å². The van der Waals surface area contributed by atoms with Gasteiger partial charge in [0, 0.05) is 6.07 Å². The van der Waals surface area contributed by atoms with E-state index in [9.17, 15) is 5.21 Å². The van der Waals surface area contributed by atoms with E-state index in [0.717, 1.165) is 0 Å². The standard InChI is InChI=1S/C9H13N3O3/c1-3-11(4-2)9-8-6(15-12(9)13)5-7(10)14-8/h5H,3-4,10H2,1-2H3. The highest BCUT2D eigenvalue weighted by atomic mass is 16.7. The maximum absolute atomic E-state index is 11.5. The van der Waals surface area contributed by atoms with Gasteiger partial charge in [0.25, 0.3) is 0 Å². The van der Waals surface area contributed by atoms with Crippen LogP contribution in [0.25, 0.3) is 11.2 Å². The highest BCUT2D eigenvalue weighted by Crippen LogP contribution is 2.28. The van der Waals surface area contributed by atoms with E-state index < -0.39 is 0 Å². The van der Waals surface area contributed by atoms with Crippen LogP contribution < -0.4 is 15.5 Å². The minimum Gasteiger partial charge on any atom is -0.436 e. The second kappa shape index (κ2) is 3.38. The summed E-state index contributed by atoms with van der Waals surface area (Å²) in [5.41, 5.74) is 6.27. The number of aromatic nitrogens is 1. The van der Waals surface area contributed by atoms with E-state index in [-0.39, 0.29) is 5.88 Å². The molecule has 0 aliphatic carbocycles. The van der Waals surface area contributed by atoms with E-state index in [1.165, 1.54) is 6.07 Å². The third kappa shape index (κ3) is 1.38. The van der Waals surface area contributed by atoms with Crippen LogP contribution in [0.1, 0.15) is 13.8 Å². The summed E-state index contributed by atoms with van der Waals surface area (Å²) in [6.45, 7) is 5.31. The Morgan fingerprint density at radius 2 is 2.13 bits per heavy atom. The van der Waals surface area contributed by atoms with Crippen molar-refractivity contribution in [2.24, 2.45) is 0 Å². The van der Waals surface area contributed by atoms with Crippen LogP contribution in [-0.4, -0.2) is 13.1 Å². The Morgan fingerprint density at radius 3 is 2.73 bits per heavy atom. The van der Waals surface area contributed by atoms with E-state index >= 15 is 0 Å². The number of fused-ring (bicyclic) bond motifs is 1. The molecule has 0 fully saturated rings. The van der Waals surface area contributed by atoms with Crippen molar-refractivity contribution in [2.45, 2.75) is 13.8 Å². The van der Waals surface area contributed by atoms with Gasteiger partial charge in [0.1, 0.15) is 5.58 Å². The van der Waals surface area contributed by atoms with Crippen molar-refractivity contribution in [1.82, 2.24) is 0 Å². The van der Waals surface area contributed by atoms with Crippen molar-refractivity contribution in [3.8, 4) is 0 Å². The molecule has 0 saturated carbocycles. The summed E-state index contributed by atoms with van der Waals surface area (Å²) in [5, 5.41) is 11.5. The van der Waals surface area contributed by atoms with E-state index in [2.05, 4.69) is 0 Å². The Balaban J connectivity index is 2.60. The first-order valence-corrected chi connectivity index (χ1v) is 4.84. The third-order valence-electron chi connectivity index (χ3n) is 2.34. The number of rotatable bonds is 3. The number of anilines is 2. The van der Waals surface area contributed by atoms with Crippen LogP contribution in [0.2, 0.25) is 0 Å². The quantitative estimate of drug-likeness (QED) is 0.768. The molecule has 15 heavy (non-hydrogen) atoms. The lowest BCUT2D eigenvalue weighted by atomic mass is 10.4. The molecule has 6 heteroatoms. The van der Waals surface area contributed by atoms with E-state index in [1.54, 1.807) is 0 Å². The maximum atomic E-state index is 11.5. The molecule has 0 aliphatic heterocycles. The van der Waals surface area contributed by atoms with Gasteiger partial charge in [0.15, 0.2) is 5.88 Å².